The first-order valence-corrected chi connectivity index (χ1v) is 6.32. The third-order valence-electron chi connectivity index (χ3n) is 3.53. The zero-order chi connectivity index (χ0) is 12.3. The van der Waals surface area contributed by atoms with Gasteiger partial charge in [-0.1, -0.05) is 0 Å². The van der Waals surface area contributed by atoms with Crippen molar-refractivity contribution in [2.75, 3.05) is 13.1 Å². The Morgan fingerprint density at radius 1 is 1.53 bits per heavy atom. The van der Waals surface area contributed by atoms with E-state index >= 15 is 0 Å². The van der Waals surface area contributed by atoms with Crippen molar-refractivity contribution in [1.29, 1.82) is 0 Å². The molecular formula is C13H20N2O2. The first kappa shape index (κ1) is 12.3. The Kier molecular flexibility index (Phi) is 3.94. The summed E-state index contributed by atoms with van der Waals surface area (Å²) in [4.78, 5) is 17.1. The van der Waals surface area contributed by atoms with Gasteiger partial charge in [-0.05, 0) is 45.7 Å². The highest BCUT2D eigenvalue weighted by Crippen LogP contribution is 2.22. The number of carbonyl (C=O) groups excluding carboxylic acids is 1. The third-order valence-corrected chi connectivity index (χ3v) is 3.53. The molecule has 17 heavy (non-hydrogen) atoms. The largest absolute Gasteiger partial charge is 0.448 e. The van der Waals surface area contributed by atoms with Crippen LogP contribution in [0.1, 0.15) is 43.1 Å². The van der Waals surface area contributed by atoms with Crippen molar-refractivity contribution in [3.63, 3.8) is 0 Å². The summed E-state index contributed by atoms with van der Waals surface area (Å²) >= 11 is 0. The van der Waals surface area contributed by atoms with Gasteiger partial charge in [-0.3, -0.25) is 4.79 Å². The first-order valence-electron chi connectivity index (χ1n) is 6.32. The SMILES string of the molecule is CC(C)N1CCC(Cc2nc(C=O)co2)CC1. The molecule has 0 radical (unpaired) electrons. The van der Waals surface area contributed by atoms with Crippen molar-refractivity contribution in [2.24, 2.45) is 5.92 Å². The van der Waals surface area contributed by atoms with E-state index in [-0.39, 0.29) is 0 Å². The van der Waals surface area contributed by atoms with Gasteiger partial charge in [-0.2, -0.15) is 0 Å². The molecule has 1 aromatic rings. The number of hydrogen-bond donors (Lipinski definition) is 0. The highest BCUT2D eigenvalue weighted by atomic mass is 16.3. The normalized spacial score (nSPS) is 18.8. The van der Waals surface area contributed by atoms with Gasteiger partial charge in [0.2, 0.25) is 0 Å². The molecule has 0 spiro atoms. The van der Waals surface area contributed by atoms with Gasteiger partial charge in [-0.15, -0.1) is 0 Å². The van der Waals surface area contributed by atoms with Crippen molar-refractivity contribution in [2.45, 2.75) is 39.2 Å². The van der Waals surface area contributed by atoms with E-state index in [0.717, 1.165) is 25.8 Å². The second kappa shape index (κ2) is 5.45. The average molecular weight is 236 g/mol. The van der Waals surface area contributed by atoms with Gasteiger partial charge in [0, 0.05) is 12.5 Å². The summed E-state index contributed by atoms with van der Waals surface area (Å²) in [6.45, 7) is 6.79. The molecule has 1 fully saturated rings. The second-order valence-electron chi connectivity index (χ2n) is 5.06. The number of carbonyl (C=O) groups is 1. The van der Waals surface area contributed by atoms with Crippen molar-refractivity contribution < 1.29 is 9.21 Å². The molecule has 2 heterocycles. The lowest BCUT2D eigenvalue weighted by Crippen LogP contribution is -2.38. The fourth-order valence-electron chi connectivity index (χ4n) is 2.39. The Labute approximate surface area is 102 Å². The summed E-state index contributed by atoms with van der Waals surface area (Å²) < 4.78 is 5.28. The quantitative estimate of drug-likeness (QED) is 0.751. The van der Waals surface area contributed by atoms with Crippen LogP contribution < -0.4 is 0 Å². The van der Waals surface area contributed by atoms with Crippen LogP contribution in [0.2, 0.25) is 0 Å². The Morgan fingerprint density at radius 3 is 2.76 bits per heavy atom. The Balaban J connectivity index is 1.83. The van der Waals surface area contributed by atoms with E-state index in [0.29, 0.717) is 23.5 Å². The zero-order valence-corrected chi connectivity index (χ0v) is 10.6. The molecule has 4 heteroatoms. The van der Waals surface area contributed by atoms with Crippen molar-refractivity contribution in [1.82, 2.24) is 9.88 Å². The summed E-state index contributed by atoms with van der Waals surface area (Å²) in [6.07, 6.45) is 5.41. The summed E-state index contributed by atoms with van der Waals surface area (Å²) in [5.41, 5.74) is 0.402. The Hall–Kier alpha value is -1.16. The number of piperidine rings is 1. The number of hydrogen-bond acceptors (Lipinski definition) is 4. The van der Waals surface area contributed by atoms with Crippen LogP contribution in [0.25, 0.3) is 0 Å². The molecule has 0 atom stereocenters. The molecule has 0 unspecified atom stereocenters. The van der Waals surface area contributed by atoms with Gasteiger partial charge < -0.3 is 9.32 Å². The highest BCUT2D eigenvalue weighted by Gasteiger charge is 2.22. The van der Waals surface area contributed by atoms with Crippen LogP contribution in [0.15, 0.2) is 10.7 Å². The van der Waals surface area contributed by atoms with Gasteiger partial charge >= 0.3 is 0 Å². The van der Waals surface area contributed by atoms with Crippen LogP contribution in [-0.4, -0.2) is 35.3 Å². The number of oxazole rings is 1. The lowest BCUT2D eigenvalue weighted by atomic mass is 9.93. The maximum Gasteiger partial charge on any atom is 0.194 e. The van der Waals surface area contributed by atoms with E-state index in [2.05, 4.69) is 23.7 Å². The maximum atomic E-state index is 10.5. The van der Waals surface area contributed by atoms with Crippen LogP contribution >= 0.6 is 0 Å². The van der Waals surface area contributed by atoms with E-state index in [4.69, 9.17) is 4.42 Å². The molecule has 2 rings (SSSR count). The van der Waals surface area contributed by atoms with Crippen LogP contribution in [0, 0.1) is 5.92 Å². The number of aldehydes is 1. The number of rotatable bonds is 4. The third kappa shape index (κ3) is 3.16. The van der Waals surface area contributed by atoms with E-state index in [1.54, 1.807) is 0 Å². The minimum absolute atomic E-state index is 0.402. The highest BCUT2D eigenvalue weighted by molar-refractivity contribution is 5.70. The number of likely N-dealkylation sites (tertiary alicyclic amines) is 1. The minimum atomic E-state index is 0.402. The lowest BCUT2D eigenvalue weighted by Gasteiger charge is -2.34. The predicted octanol–water partition coefficient (Wildman–Crippen LogP) is 2.15. The van der Waals surface area contributed by atoms with Crippen LogP contribution in [0.5, 0.6) is 0 Å². The van der Waals surface area contributed by atoms with Gasteiger partial charge in [0.15, 0.2) is 12.2 Å². The predicted molar refractivity (Wildman–Crippen MR) is 65.0 cm³/mol. The minimum Gasteiger partial charge on any atom is -0.448 e. The fraction of sp³-hybridized carbons (Fsp3) is 0.692. The van der Waals surface area contributed by atoms with Gasteiger partial charge in [0.1, 0.15) is 12.0 Å². The van der Waals surface area contributed by atoms with E-state index < -0.39 is 0 Å². The van der Waals surface area contributed by atoms with Crippen molar-refractivity contribution in [3.8, 4) is 0 Å². The molecule has 0 saturated carbocycles. The summed E-state index contributed by atoms with van der Waals surface area (Å²) in [7, 11) is 0. The Bertz CT molecular complexity index is 365. The topological polar surface area (TPSA) is 46.3 Å². The molecule has 0 aromatic carbocycles. The second-order valence-corrected chi connectivity index (χ2v) is 5.06. The van der Waals surface area contributed by atoms with Gasteiger partial charge in [0.05, 0.1) is 0 Å². The van der Waals surface area contributed by atoms with E-state index in [1.165, 1.54) is 19.1 Å². The standard InChI is InChI=1S/C13H20N2O2/c1-10(2)15-5-3-11(4-6-15)7-13-14-12(8-16)9-17-13/h8-11H,3-7H2,1-2H3. The smallest absolute Gasteiger partial charge is 0.194 e. The van der Waals surface area contributed by atoms with Crippen LogP contribution in [-0.2, 0) is 6.42 Å². The van der Waals surface area contributed by atoms with E-state index in [1.807, 2.05) is 0 Å². The average Bonchev–Trinajstić information content (AvgIpc) is 2.77. The lowest BCUT2D eigenvalue weighted by molar-refractivity contribution is 0.111. The van der Waals surface area contributed by atoms with Gasteiger partial charge in [-0.25, -0.2) is 4.98 Å². The summed E-state index contributed by atoms with van der Waals surface area (Å²) in [5.74, 6) is 1.35. The molecule has 0 aliphatic carbocycles. The van der Waals surface area contributed by atoms with Crippen molar-refractivity contribution >= 4 is 6.29 Å². The molecule has 4 nitrogen and oxygen atoms in total. The molecular weight excluding hydrogens is 216 g/mol. The first-order chi connectivity index (χ1) is 8.19. The van der Waals surface area contributed by atoms with Gasteiger partial charge in [0.25, 0.3) is 0 Å². The summed E-state index contributed by atoms with van der Waals surface area (Å²) in [5, 5.41) is 0. The molecule has 0 N–H and O–H groups in total. The van der Waals surface area contributed by atoms with Crippen LogP contribution in [0.4, 0.5) is 0 Å². The van der Waals surface area contributed by atoms with E-state index in [9.17, 15) is 4.79 Å². The van der Waals surface area contributed by atoms with Crippen LogP contribution in [0.3, 0.4) is 0 Å². The molecule has 1 aliphatic heterocycles. The monoisotopic (exact) mass is 236 g/mol. The molecule has 0 amide bonds. The summed E-state index contributed by atoms with van der Waals surface area (Å²) in [6, 6.07) is 0.638. The number of aromatic nitrogens is 1. The molecule has 0 bridgehead atoms. The molecule has 1 aliphatic rings. The number of nitrogens with zero attached hydrogens (tertiary/aromatic N) is 2. The molecule has 1 aromatic heterocycles. The Morgan fingerprint density at radius 2 is 2.24 bits per heavy atom. The fourth-order valence-corrected chi connectivity index (χ4v) is 2.39. The zero-order valence-electron chi connectivity index (χ0n) is 10.6. The molecule has 1 saturated heterocycles. The maximum absolute atomic E-state index is 10.5. The van der Waals surface area contributed by atoms with Crippen molar-refractivity contribution in [3.05, 3.63) is 17.8 Å². The molecule has 94 valence electrons.